The largest absolute Gasteiger partial charge is 0.453 e. The predicted molar refractivity (Wildman–Crippen MR) is 107 cm³/mol. The molecular formula is C21H23F3N6O. The van der Waals surface area contributed by atoms with Gasteiger partial charge in [-0.3, -0.25) is 9.69 Å². The molecule has 10 heteroatoms. The van der Waals surface area contributed by atoms with E-state index in [-0.39, 0.29) is 18.1 Å². The highest BCUT2D eigenvalue weighted by atomic mass is 19.4. The van der Waals surface area contributed by atoms with Crippen molar-refractivity contribution < 1.29 is 18.0 Å². The quantitative estimate of drug-likeness (QED) is 0.634. The van der Waals surface area contributed by atoms with Crippen LogP contribution >= 0.6 is 0 Å². The summed E-state index contributed by atoms with van der Waals surface area (Å²) < 4.78 is 39.9. The second-order valence-corrected chi connectivity index (χ2v) is 7.73. The molecule has 3 aromatic rings. The second-order valence-electron chi connectivity index (χ2n) is 7.73. The lowest BCUT2D eigenvalue weighted by Gasteiger charge is -2.35. The van der Waals surface area contributed by atoms with Gasteiger partial charge < -0.3 is 4.90 Å². The average Bonchev–Trinajstić information content (AvgIpc) is 3.17. The first kappa shape index (κ1) is 21.2. The van der Waals surface area contributed by atoms with E-state index in [4.69, 9.17) is 0 Å². The third-order valence-electron chi connectivity index (χ3n) is 5.60. The fourth-order valence-corrected chi connectivity index (χ4v) is 3.84. The lowest BCUT2D eigenvalue weighted by atomic mass is 10.1. The van der Waals surface area contributed by atoms with Gasteiger partial charge in [-0.15, -0.1) is 5.10 Å². The molecule has 31 heavy (non-hydrogen) atoms. The Morgan fingerprint density at radius 1 is 1.03 bits per heavy atom. The summed E-state index contributed by atoms with van der Waals surface area (Å²) >= 11 is 0. The number of hydrogen-bond acceptors (Lipinski definition) is 5. The van der Waals surface area contributed by atoms with Crippen LogP contribution in [-0.4, -0.2) is 61.5 Å². The Balaban J connectivity index is 1.44. The molecule has 0 unspecified atom stereocenters. The van der Waals surface area contributed by atoms with E-state index in [2.05, 4.69) is 32.1 Å². The smallest absolute Gasteiger partial charge is 0.340 e. The van der Waals surface area contributed by atoms with Crippen molar-refractivity contribution in [2.45, 2.75) is 33.0 Å². The van der Waals surface area contributed by atoms with E-state index < -0.39 is 12.0 Å². The minimum absolute atomic E-state index is 0.0668. The van der Waals surface area contributed by atoms with Crippen molar-refractivity contribution in [2.75, 3.05) is 26.2 Å². The zero-order chi connectivity index (χ0) is 22.2. The number of aromatic nitrogens is 4. The van der Waals surface area contributed by atoms with Crippen LogP contribution in [0.3, 0.4) is 0 Å². The topological polar surface area (TPSA) is 66.6 Å². The SMILES string of the molecule is Cc1nc2nc(C(F)(F)F)nn2c(C)c1CC(=O)N1CCN(Cc2ccccc2)CC1. The van der Waals surface area contributed by atoms with Crippen LogP contribution in [0.25, 0.3) is 5.78 Å². The van der Waals surface area contributed by atoms with Crippen molar-refractivity contribution in [3.05, 3.63) is 58.7 Å². The predicted octanol–water partition coefficient (Wildman–Crippen LogP) is 2.65. The van der Waals surface area contributed by atoms with Crippen LogP contribution in [0.5, 0.6) is 0 Å². The summed E-state index contributed by atoms with van der Waals surface area (Å²) in [5.41, 5.74) is 2.76. The summed E-state index contributed by atoms with van der Waals surface area (Å²) in [5, 5.41) is 3.54. The number of hydrogen-bond donors (Lipinski definition) is 0. The van der Waals surface area contributed by atoms with Crippen LogP contribution in [0.4, 0.5) is 13.2 Å². The van der Waals surface area contributed by atoms with Gasteiger partial charge in [-0.25, -0.2) is 9.50 Å². The van der Waals surface area contributed by atoms with Gasteiger partial charge in [0.25, 0.3) is 11.6 Å². The molecule has 0 saturated carbocycles. The maximum absolute atomic E-state index is 13.0. The van der Waals surface area contributed by atoms with Crippen LogP contribution in [0.2, 0.25) is 0 Å². The normalized spacial score (nSPS) is 15.6. The van der Waals surface area contributed by atoms with Crippen molar-refractivity contribution in [2.24, 2.45) is 0 Å². The number of benzene rings is 1. The monoisotopic (exact) mass is 432 g/mol. The number of halogens is 3. The maximum atomic E-state index is 13.0. The van der Waals surface area contributed by atoms with E-state index in [1.54, 1.807) is 18.7 Å². The highest BCUT2D eigenvalue weighted by molar-refractivity contribution is 5.79. The first-order valence-corrected chi connectivity index (χ1v) is 10.1. The van der Waals surface area contributed by atoms with Gasteiger partial charge >= 0.3 is 6.18 Å². The Hall–Kier alpha value is -3.01. The third-order valence-corrected chi connectivity index (χ3v) is 5.60. The molecule has 0 spiro atoms. The summed E-state index contributed by atoms with van der Waals surface area (Å²) in [6.07, 6.45) is -4.58. The number of nitrogens with zero attached hydrogens (tertiary/aromatic N) is 6. The summed E-state index contributed by atoms with van der Waals surface area (Å²) in [5.74, 6) is -1.42. The zero-order valence-electron chi connectivity index (χ0n) is 17.4. The molecule has 0 aliphatic carbocycles. The van der Waals surface area contributed by atoms with E-state index in [1.807, 2.05) is 18.2 Å². The van der Waals surface area contributed by atoms with Gasteiger partial charge in [-0.1, -0.05) is 30.3 Å². The third kappa shape index (κ3) is 4.53. The Kier molecular flexibility index (Phi) is 5.65. The number of carbonyl (C=O) groups excluding carboxylic acids is 1. The summed E-state index contributed by atoms with van der Waals surface area (Å²) in [6, 6.07) is 10.2. The molecule has 0 atom stereocenters. The molecule has 1 amide bonds. The molecule has 4 rings (SSSR count). The molecule has 1 fully saturated rings. The van der Waals surface area contributed by atoms with E-state index in [9.17, 15) is 18.0 Å². The van der Waals surface area contributed by atoms with Gasteiger partial charge in [0.15, 0.2) is 0 Å². The van der Waals surface area contributed by atoms with Crippen LogP contribution in [-0.2, 0) is 23.9 Å². The fourth-order valence-electron chi connectivity index (χ4n) is 3.84. The lowest BCUT2D eigenvalue weighted by Crippen LogP contribution is -2.48. The van der Waals surface area contributed by atoms with Gasteiger partial charge in [-0.05, 0) is 19.4 Å². The molecule has 164 valence electrons. The number of piperazine rings is 1. The van der Waals surface area contributed by atoms with Gasteiger partial charge in [-0.2, -0.15) is 18.2 Å². The molecule has 2 aromatic heterocycles. The molecule has 7 nitrogen and oxygen atoms in total. The molecule has 0 N–H and O–H groups in total. The molecule has 1 aromatic carbocycles. The lowest BCUT2D eigenvalue weighted by molar-refractivity contribution is -0.144. The van der Waals surface area contributed by atoms with Crippen LogP contribution < -0.4 is 0 Å². The van der Waals surface area contributed by atoms with E-state index in [0.717, 1.165) is 24.1 Å². The number of carbonyl (C=O) groups is 1. The van der Waals surface area contributed by atoms with Gasteiger partial charge in [0.05, 0.1) is 6.42 Å². The summed E-state index contributed by atoms with van der Waals surface area (Å²) in [4.78, 5) is 24.6. The molecule has 1 aliphatic rings. The highest BCUT2D eigenvalue weighted by Gasteiger charge is 2.37. The Morgan fingerprint density at radius 3 is 2.35 bits per heavy atom. The highest BCUT2D eigenvalue weighted by Crippen LogP contribution is 2.27. The van der Waals surface area contributed by atoms with Gasteiger partial charge in [0, 0.05) is 49.7 Å². The Labute approximate surface area is 177 Å². The van der Waals surface area contributed by atoms with E-state index in [0.29, 0.717) is 30.0 Å². The van der Waals surface area contributed by atoms with Crippen molar-refractivity contribution >= 4 is 11.7 Å². The first-order valence-electron chi connectivity index (χ1n) is 10.1. The number of rotatable bonds is 4. The molecule has 0 bridgehead atoms. The Bertz CT molecular complexity index is 1090. The maximum Gasteiger partial charge on any atom is 0.453 e. The zero-order valence-corrected chi connectivity index (χ0v) is 17.4. The molecule has 1 saturated heterocycles. The van der Waals surface area contributed by atoms with Crippen molar-refractivity contribution in [1.29, 1.82) is 0 Å². The van der Waals surface area contributed by atoms with E-state index >= 15 is 0 Å². The van der Waals surface area contributed by atoms with Gasteiger partial charge in [0.2, 0.25) is 5.91 Å². The van der Waals surface area contributed by atoms with Crippen LogP contribution in [0, 0.1) is 13.8 Å². The number of alkyl halides is 3. The second kappa shape index (κ2) is 8.26. The number of aryl methyl sites for hydroxylation is 2. The average molecular weight is 432 g/mol. The number of fused-ring (bicyclic) bond motifs is 1. The van der Waals surface area contributed by atoms with Crippen molar-refractivity contribution in [1.82, 2.24) is 29.4 Å². The standard InChI is InChI=1S/C21H23F3N6O/c1-14-17(15(2)30-20(25-14)26-19(27-30)21(22,23)24)12-18(31)29-10-8-28(9-11-29)13-16-6-4-3-5-7-16/h3-7H,8-13H2,1-2H3. The van der Waals surface area contributed by atoms with Gasteiger partial charge in [0.1, 0.15) is 0 Å². The number of amides is 1. The minimum Gasteiger partial charge on any atom is -0.340 e. The van der Waals surface area contributed by atoms with E-state index in [1.165, 1.54) is 5.56 Å². The first-order chi connectivity index (χ1) is 14.7. The van der Waals surface area contributed by atoms with Crippen molar-refractivity contribution in [3.8, 4) is 0 Å². The van der Waals surface area contributed by atoms with Crippen molar-refractivity contribution in [3.63, 3.8) is 0 Å². The van der Waals surface area contributed by atoms with Crippen LogP contribution in [0.15, 0.2) is 30.3 Å². The molecule has 1 aliphatic heterocycles. The summed E-state index contributed by atoms with van der Waals surface area (Å²) in [7, 11) is 0. The van der Waals surface area contributed by atoms with Crippen LogP contribution in [0.1, 0.15) is 28.3 Å². The molecule has 3 heterocycles. The Morgan fingerprint density at radius 2 is 1.71 bits per heavy atom. The summed E-state index contributed by atoms with van der Waals surface area (Å²) in [6.45, 7) is 6.92. The molecule has 0 radical (unpaired) electrons. The fraction of sp³-hybridized carbons (Fsp3) is 0.429. The minimum atomic E-state index is -4.65. The molecular weight excluding hydrogens is 409 g/mol.